The van der Waals surface area contributed by atoms with Crippen LogP contribution in [0.25, 0.3) is 0 Å². The van der Waals surface area contributed by atoms with Crippen LogP contribution in [0.1, 0.15) is 0 Å². The van der Waals surface area contributed by atoms with Crippen molar-refractivity contribution < 1.29 is 25.9 Å². The summed E-state index contributed by atoms with van der Waals surface area (Å²) in [6.07, 6.45) is 0. The van der Waals surface area contributed by atoms with Crippen molar-refractivity contribution >= 4 is 26.1 Å². The average Bonchev–Trinajstić information content (AvgIpc) is 1.57. The van der Waals surface area contributed by atoms with Gasteiger partial charge in [-0.2, -0.15) is 8.42 Å². The highest BCUT2D eigenvalue weighted by Gasteiger charge is 2.07. The Bertz CT molecular complexity index is 250. The minimum atomic E-state index is -4.36. The molecule has 0 heterocycles. The summed E-state index contributed by atoms with van der Waals surface area (Å²) in [5.41, 5.74) is 0. The molecule has 2 N–H and O–H groups in total. The lowest BCUT2D eigenvalue weighted by molar-refractivity contribution is 0.333. The zero-order chi connectivity index (χ0) is 8.41. The normalized spacial score (nSPS) is 18.2. The Labute approximate surface area is 58.6 Å². The molecule has 62 valence electrons. The van der Waals surface area contributed by atoms with Gasteiger partial charge in [0.1, 0.15) is 0 Å². The first-order valence-electron chi connectivity index (χ1n) is 1.90. The molecule has 0 rings (SSSR count). The van der Waals surface area contributed by atoms with E-state index in [4.69, 9.17) is 9.11 Å². The second kappa shape index (κ2) is 2.84. The minimum Gasteiger partial charge on any atom is -0.294 e. The van der Waals surface area contributed by atoms with E-state index in [1.54, 1.807) is 0 Å². The van der Waals surface area contributed by atoms with Gasteiger partial charge in [0.25, 0.3) is 10.1 Å². The summed E-state index contributed by atoms with van der Waals surface area (Å²) in [7, 11) is -8.16. The fourth-order valence-electron chi connectivity index (χ4n) is 0.136. The second-order valence-corrected chi connectivity index (χ2v) is 4.20. The summed E-state index contributed by atoms with van der Waals surface area (Å²) >= 11 is 0. The first-order chi connectivity index (χ1) is 4.21. The molecule has 8 heteroatoms. The van der Waals surface area contributed by atoms with Gasteiger partial charge < -0.3 is 0 Å². The van der Waals surface area contributed by atoms with Gasteiger partial charge >= 0.3 is 0 Å². The molecule has 6 nitrogen and oxygen atoms in total. The van der Waals surface area contributed by atoms with Gasteiger partial charge in [-0.05, 0) is 0 Å². The molecule has 0 spiro atoms. The smallest absolute Gasteiger partial charge is 0.290 e. The quantitative estimate of drug-likeness (QED) is 0.435. The van der Waals surface area contributed by atoms with E-state index in [0.29, 0.717) is 0 Å². The van der Waals surface area contributed by atoms with Gasteiger partial charge in [-0.3, -0.25) is 13.3 Å². The van der Waals surface area contributed by atoms with Crippen molar-refractivity contribution in [3.8, 4) is 0 Å². The van der Waals surface area contributed by atoms with E-state index >= 15 is 0 Å². The molecular weight excluding hydrogens is 184 g/mol. The maximum absolute atomic E-state index is 10.1. The van der Waals surface area contributed by atoms with Gasteiger partial charge in [-0.1, -0.05) is 0 Å². The molecular formula is C2H6O6S2. The van der Waals surface area contributed by atoms with Gasteiger partial charge in [0.2, 0.25) is 0 Å². The molecule has 0 aromatic heterocycles. The maximum Gasteiger partial charge on any atom is 0.290 e. The summed E-state index contributed by atoms with van der Waals surface area (Å²) < 4.78 is 49.7. The number of rotatable bonds is 3. The zero-order valence-corrected chi connectivity index (χ0v) is 6.39. The van der Waals surface area contributed by atoms with E-state index in [9.17, 15) is 12.6 Å². The molecule has 1 unspecified atom stereocenters. The molecule has 0 saturated heterocycles. The molecule has 0 aliphatic heterocycles. The molecule has 0 aliphatic carbocycles. The Hall–Kier alpha value is -0.150. The predicted molar refractivity (Wildman–Crippen MR) is 35.4 cm³/mol. The monoisotopic (exact) mass is 190 g/mol. The van der Waals surface area contributed by atoms with E-state index in [0.717, 1.165) is 0 Å². The van der Waals surface area contributed by atoms with E-state index in [-0.39, 0.29) is 0 Å². The van der Waals surface area contributed by atoms with Crippen LogP contribution in [0.4, 0.5) is 0 Å². The van der Waals surface area contributed by atoms with Crippen LogP contribution in [0, 0.1) is 0 Å². The number of hydrogen-bond donors (Lipinski definition) is 2. The van der Waals surface area contributed by atoms with Crippen LogP contribution in [0.2, 0.25) is 0 Å². The van der Waals surface area contributed by atoms with Gasteiger partial charge in [0, 0.05) is 5.87 Å². The molecule has 0 aliphatic rings. The first-order valence-corrected chi connectivity index (χ1v) is 5.12. The second-order valence-electron chi connectivity index (χ2n) is 1.40. The third-order valence-corrected chi connectivity index (χ3v) is 1.43. The van der Waals surface area contributed by atoms with Gasteiger partial charge in [-0.25, -0.2) is 4.21 Å². The van der Waals surface area contributed by atoms with Crippen LogP contribution in [-0.2, 0) is 24.4 Å². The van der Waals surface area contributed by atoms with Gasteiger partial charge in [-0.15, -0.1) is 0 Å². The first kappa shape index (κ1) is 9.85. The van der Waals surface area contributed by atoms with E-state index in [1.807, 2.05) is 0 Å². The van der Waals surface area contributed by atoms with Crippen LogP contribution in [0.15, 0.2) is 0 Å². The summed E-state index contributed by atoms with van der Waals surface area (Å²) in [5, 5.41) is 0. The van der Waals surface area contributed by atoms with Crippen molar-refractivity contribution in [3.63, 3.8) is 0 Å². The SMILES string of the molecule is C=S(=O)(O)OCS(=O)(=O)O. The van der Waals surface area contributed by atoms with E-state index < -0.39 is 26.1 Å². The lowest BCUT2D eigenvalue weighted by atomic mass is 11.7. The molecule has 0 saturated carbocycles. The Balaban J connectivity index is 4.05. The fourth-order valence-corrected chi connectivity index (χ4v) is 1.22. The van der Waals surface area contributed by atoms with Crippen LogP contribution < -0.4 is 0 Å². The van der Waals surface area contributed by atoms with E-state index in [2.05, 4.69) is 10.1 Å². The number of hydrogen-bond acceptors (Lipinski definition) is 4. The predicted octanol–water partition coefficient (Wildman–Crippen LogP) is -1.05. The van der Waals surface area contributed by atoms with Crippen molar-refractivity contribution in [3.05, 3.63) is 0 Å². The fraction of sp³-hybridized carbons (Fsp3) is 0.500. The van der Waals surface area contributed by atoms with Crippen LogP contribution in [0.3, 0.4) is 0 Å². The molecule has 1 atom stereocenters. The van der Waals surface area contributed by atoms with Crippen molar-refractivity contribution in [2.45, 2.75) is 0 Å². The summed E-state index contributed by atoms with van der Waals surface area (Å²) in [6.45, 7) is 0. The van der Waals surface area contributed by atoms with E-state index in [1.165, 1.54) is 0 Å². The highest BCUT2D eigenvalue weighted by Crippen LogP contribution is 1.89. The third-order valence-electron chi connectivity index (χ3n) is 0.381. The Kier molecular flexibility index (Phi) is 2.80. The zero-order valence-electron chi connectivity index (χ0n) is 4.76. The van der Waals surface area contributed by atoms with Crippen LogP contribution in [0.5, 0.6) is 0 Å². The largest absolute Gasteiger partial charge is 0.294 e. The molecule has 10 heavy (non-hydrogen) atoms. The van der Waals surface area contributed by atoms with Crippen molar-refractivity contribution in [2.24, 2.45) is 0 Å². The molecule has 0 aromatic rings. The Morgan fingerprint density at radius 2 is 1.70 bits per heavy atom. The topological polar surface area (TPSA) is 101 Å². The molecule has 0 bridgehead atoms. The van der Waals surface area contributed by atoms with Crippen LogP contribution in [-0.4, -0.2) is 33.5 Å². The van der Waals surface area contributed by atoms with Crippen molar-refractivity contribution in [2.75, 3.05) is 5.94 Å². The lowest BCUT2D eigenvalue weighted by Gasteiger charge is -1.98. The standard InChI is InChI=1S/C2H6O6S2/c1-9(3,4)8-2-10(5,6)7/h1-2H2,(H,3,4)(H,5,6,7). The average molecular weight is 190 g/mol. The van der Waals surface area contributed by atoms with Crippen molar-refractivity contribution in [1.82, 2.24) is 0 Å². The molecule has 0 aromatic carbocycles. The summed E-state index contributed by atoms with van der Waals surface area (Å²) in [6, 6.07) is 0. The van der Waals surface area contributed by atoms with Crippen molar-refractivity contribution in [1.29, 1.82) is 0 Å². The highest BCUT2D eigenvalue weighted by molar-refractivity contribution is 7.91. The lowest BCUT2D eigenvalue weighted by Crippen LogP contribution is -2.12. The maximum atomic E-state index is 10.1. The Morgan fingerprint density at radius 3 is 1.80 bits per heavy atom. The highest BCUT2D eigenvalue weighted by atomic mass is 32.2. The molecule has 0 amide bonds. The third kappa shape index (κ3) is 7.85. The van der Waals surface area contributed by atoms with Gasteiger partial charge in [0.05, 0.1) is 0 Å². The van der Waals surface area contributed by atoms with Crippen LogP contribution >= 0.6 is 0 Å². The summed E-state index contributed by atoms with van der Waals surface area (Å²) in [4.78, 5) is 0. The van der Waals surface area contributed by atoms with Gasteiger partial charge in [0.15, 0.2) is 16.0 Å². The molecule has 0 radical (unpaired) electrons. The summed E-state index contributed by atoms with van der Waals surface area (Å²) in [5.74, 6) is 1.33. The molecule has 0 fully saturated rings. The Morgan fingerprint density at radius 1 is 1.30 bits per heavy atom. The minimum absolute atomic E-state index is 1.23.